The van der Waals surface area contributed by atoms with Gasteiger partial charge in [-0.05, 0) is 17.5 Å². The fraction of sp³-hybridized carbons (Fsp3) is 0.316. The van der Waals surface area contributed by atoms with Gasteiger partial charge in [0.25, 0.3) is 0 Å². The van der Waals surface area contributed by atoms with E-state index in [2.05, 4.69) is 42.4 Å². The van der Waals surface area contributed by atoms with Gasteiger partial charge in [-0.25, -0.2) is 4.98 Å². The first-order chi connectivity index (χ1) is 12.7. The molecule has 0 aliphatic heterocycles. The van der Waals surface area contributed by atoms with Crippen LogP contribution in [0, 0.1) is 0 Å². The van der Waals surface area contributed by atoms with Gasteiger partial charge in [0.1, 0.15) is 5.82 Å². The van der Waals surface area contributed by atoms with E-state index < -0.39 is 0 Å². The molecule has 7 heteroatoms. The minimum Gasteiger partial charge on any atom is -0.356 e. The standard InChI is InChI=1S/C19H25N7/c1-20-19(21-10-9-15-11-23-26(3)13-15)25(2)14-18-22-12-17(24-18)16-7-5-4-6-8-16/h4-8,11-13H,9-10,14H2,1-3H3,(H,20,21)(H,22,24). The lowest BCUT2D eigenvalue weighted by Crippen LogP contribution is -2.39. The van der Waals surface area contributed by atoms with Crippen molar-refractivity contribution in [3.63, 3.8) is 0 Å². The third-order valence-electron chi connectivity index (χ3n) is 4.13. The van der Waals surface area contributed by atoms with Gasteiger partial charge in [-0.1, -0.05) is 30.3 Å². The van der Waals surface area contributed by atoms with Gasteiger partial charge in [0.15, 0.2) is 5.96 Å². The summed E-state index contributed by atoms with van der Waals surface area (Å²) >= 11 is 0. The topological polar surface area (TPSA) is 74.1 Å². The van der Waals surface area contributed by atoms with Gasteiger partial charge in [0.2, 0.25) is 0 Å². The minimum absolute atomic E-state index is 0.652. The zero-order chi connectivity index (χ0) is 18.4. The van der Waals surface area contributed by atoms with Crippen molar-refractivity contribution in [2.24, 2.45) is 12.0 Å². The average molecular weight is 351 g/mol. The van der Waals surface area contributed by atoms with E-state index in [-0.39, 0.29) is 0 Å². The molecule has 0 aliphatic rings. The van der Waals surface area contributed by atoms with Crippen LogP contribution in [0.15, 0.2) is 53.9 Å². The van der Waals surface area contributed by atoms with E-state index in [1.165, 1.54) is 5.56 Å². The smallest absolute Gasteiger partial charge is 0.193 e. The number of nitrogens with zero attached hydrogens (tertiary/aromatic N) is 5. The third-order valence-corrected chi connectivity index (χ3v) is 4.13. The maximum Gasteiger partial charge on any atom is 0.193 e. The Morgan fingerprint density at radius 2 is 2.08 bits per heavy atom. The number of benzene rings is 1. The summed E-state index contributed by atoms with van der Waals surface area (Å²) in [5, 5.41) is 7.57. The van der Waals surface area contributed by atoms with Crippen molar-refractivity contribution in [1.29, 1.82) is 0 Å². The Morgan fingerprint density at radius 3 is 2.77 bits per heavy atom. The Bertz CT molecular complexity index is 848. The van der Waals surface area contributed by atoms with Gasteiger partial charge in [-0.2, -0.15) is 5.10 Å². The first kappa shape index (κ1) is 17.7. The Morgan fingerprint density at radius 1 is 1.27 bits per heavy atom. The van der Waals surface area contributed by atoms with Crippen molar-refractivity contribution in [3.8, 4) is 11.3 Å². The van der Waals surface area contributed by atoms with E-state index in [9.17, 15) is 0 Å². The predicted molar refractivity (Wildman–Crippen MR) is 104 cm³/mol. The van der Waals surface area contributed by atoms with Crippen LogP contribution < -0.4 is 5.32 Å². The molecule has 0 bridgehead atoms. The number of aromatic nitrogens is 4. The molecule has 3 aromatic rings. The van der Waals surface area contributed by atoms with Crippen LogP contribution >= 0.6 is 0 Å². The van der Waals surface area contributed by atoms with E-state index in [0.29, 0.717) is 6.54 Å². The van der Waals surface area contributed by atoms with Crippen LogP contribution in [0.4, 0.5) is 0 Å². The summed E-state index contributed by atoms with van der Waals surface area (Å²) in [6.45, 7) is 1.45. The summed E-state index contributed by atoms with van der Waals surface area (Å²) in [7, 11) is 5.72. The highest BCUT2D eigenvalue weighted by Crippen LogP contribution is 2.16. The van der Waals surface area contributed by atoms with E-state index in [0.717, 1.165) is 36.0 Å². The Labute approximate surface area is 153 Å². The summed E-state index contributed by atoms with van der Waals surface area (Å²) in [5.41, 5.74) is 3.36. The summed E-state index contributed by atoms with van der Waals surface area (Å²) in [5.74, 6) is 1.74. The van der Waals surface area contributed by atoms with Gasteiger partial charge < -0.3 is 15.2 Å². The van der Waals surface area contributed by atoms with Crippen molar-refractivity contribution in [2.75, 3.05) is 20.6 Å². The molecule has 26 heavy (non-hydrogen) atoms. The average Bonchev–Trinajstić information content (AvgIpc) is 3.28. The van der Waals surface area contributed by atoms with E-state index in [1.807, 2.05) is 55.6 Å². The van der Waals surface area contributed by atoms with Crippen LogP contribution in [0.1, 0.15) is 11.4 Å². The van der Waals surface area contributed by atoms with E-state index >= 15 is 0 Å². The largest absolute Gasteiger partial charge is 0.356 e. The molecule has 136 valence electrons. The van der Waals surface area contributed by atoms with Crippen molar-refractivity contribution >= 4 is 5.96 Å². The number of aliphatic imine (C=N–C) groups is 1. The molecule has 0 radical (unpaired) electrons. The summed E-state index contributed by atoms with van der Waals surface area (Å²) in [4.78, 5) is 14.3. The van der Waals surface area contributed by atoms with Gasteiger partial charge in [0, 0.05) is 33.9 Å². The number of aromatic amines is 1. The lowest BCUT2D eigenvalue weighted by atomic mass is 10.2. The maximum absolute atomic E-state index is 4.49. The molecule has 0 aliphatic carbocycles. The first-order valence-corrected chi connectivity index (χ1v) is 8.64. The molecule has 0 amide bonds. The molecular weight excluding hydrogens is 326 g/mol. The second kappa shape index (κ2) is 8.33. The molecule has 0 spiro atoms. The second-order valence-electron chi connectivity index (χ2n) is 6.21. The summed E-state index contributed by atoms with van der Waals surface area (Å²) < 4.78 is 1.82. The van der Waals surface area contributed by atoms with Crippen LogP contribution in [0.2, 0.25) is 0 Å². The molecule has 1 aromatic carbocycles. The van der Waals surface area contributed by atoms with Crippen LogP contribution in [0.25, 0.3) is 11.3 Å². The highest BCUT2D eigenvalue weighted by Gasteiger charge is 2.10. The number of guanidine groups is 1. The zero-order valence-electron chi connectivity index (χ0n) is 15.5. The Hall–Kier alpha value is -3.09. The van der Waals surface area contributed by atoms with Crippen LogP contribution in [-0.4, -0.2) is 51.2 Å². The number of nitrogens with one attached hydrogen (secondary N) is 2. The number of hydrogen-bond donors (Lipinski definition) is 2. The third kappa shape index (κ3) is 4.50. The van der Waals surface area contributed by atoms with Crippen molar-refractivity contribution in [2.45, 2.75) is 13.0 Å². The molecular formula is C19H25N7. The lowest BCUT2D eigenvalue weighted by molar-refractivity contribution is 0.464. The molecule has 3 rings (SSSR count). The number of H-pyrrole nitrogens is 1. The Balaban J connectivity index is 1.54. The fourth-order valence-electron chi connectivity index (χ4n) is 2.81. The highest BCUT2D eigenvalue weighted by molar-refractivity contribution is 5.79. The zero-order valence-corrected chi connectivity index (χ0v) is 15.5. The van der Waals surface area contributed by atoms with Gasteiger partial charge in [-0.15, -0.1) is 0 Å². The summed E-state index contributed by atoms with van der Waals surface area (Å²) in [6, 6.07) is 10.2. The molecule has 2 aromatic heterocycles. The molecule has 0 saturated carbocycles. The van der Waals surface area contributed by atoms with Gasteiger partial charge in [0.05, 0.1) is 24.6 Å². The highest BCUT2D eigenvalue weighted by atomic mass is 15.3. The van der Waals surface area contributed by atoms with Crippen LogP contribution in [-0.2, 0) is 20.0 Å². The monoisotopic (exact) mass is 351 g/mol. The SMILES string of the molecule is CN=C(NCCc1cnn(C)c1)N(C)Cc1ncc(-c2ccccc2)[nH]1. The molecule has 0 unspecified atom stereocenters. The van der Waals surface area contributed by atoms with Gasteiger partial charge >= 0.3 is 0 Å². The van der Waals surface area contributed by atoms with Crippen molar-refractivity contribution < 1.29 is 0 Å². The van der Waals surface area contributed by atoms with E-state index in [4.69, 9.17) is 0 Å². The molecule has 0 fully saturated rings. The van der Waals surface area contributed by atoms with Crippen LogP contribution in [0.3, 0.4) is 0 Å². The van der Waals surface area contributed by atoms with Gasteiger partial charge in [-0.3, -0.25) is 9.67 Å². The van der Waals surface area contributed by atoms with Crippen molar-refractivity contribution in [3.05, 3.63) is 60.3 Å². The molecule has 0 saturated heterocycles. The first-order valence-electron chi connectivity index (χ1n) is 8.64. The minimum atomic E-state index is 0.652. The fourth-order valence-corrected chi connectivity index (χ4v) is 2.81. The maximum atomic E-state index is 4.49. The summed E-state index contributed by atoms with van der Waals surface area (Å²) in [6.07, 6.45) is 6.70. The molecule has 7 nitrogen and oxygen atoms in total. The number of aryl methyl sites for hydroxylation is 1. The number of rotatable bonds is 6. The Kier molecular flexibility index (Phi) is 5.68. The molecule has 2 heterocycles. The predicted octanol–water partition coefficient (Wildman–Crippen LogP) is 2.06. The van der Waals surface area contributed by atoms with Crippen LogP contribution in [0.5, 0.6) is 0 Å². The molecule has 0 atom stereocenters. The normalized spacial score (nSPS) is 11.6. The molecule has 2 N–H and O–H groups in total. The quantitative estimate of drug-likeness (QED) is 0.527. The lowest BCUT2D eigenvalue weighted by Gasteiger charge is -2.21. The number of hydrogen-bond acceptors (Lipinski definition) is 3. The number of imidazole rings is 1. The second-order valence-corrected chi connectivity index (χ2v) is 6.21. The van der Waals surface area contributed by atoms with Crippen molar-refractivity contribution in [1.82, 2.24) is 30.0 Å². The van der Waals surface area contributed by atoms with E-state index in [1.54, 1.807) is 7.05 Å².